The van der Waals surface area contributed by atoms with Gasteiger partial charge in [0.15, 0.2) is 17.5 Å². The van der Waals surface area contributed by atoms with Crippen LogP contribution in [0.25, 0.3) is 0 Å². The molecule has 1 atom stereocenters. The van der Waals surface area contributed by atoms with Gasteiger partial charge in [-0.3, -0.25) is 15.1 Å². The highest BCUT2D eigenvalue weighted by Crippen LogP contribution is 2.40. The maximum atomic E-state index is 12.1. The van der Waals surface area contributed by atoms with E-state index in [1.807, 2.05) is 19.1 Å². The summed E-state index contributed by atoms with van der Waals surface area (Å²) >= 11 is 3.46. The Morgan fingerprint density at radius 3 is 3.00 bits per heavy atom. The molecule has 0 aromatic heterocycles. The van der Waals surface area contributed by atoms with E-state index in [1.165, 1.54) is 0 Å². The van der Waals surface area contributed by atoms with Crippen molar-refractivity contribution < 1.29 is 14.3 Å². The first kappa shape index (κ1) is 14.2. The van der Waals surface area contributed by atoms with E-state index in [2.05, 4.69) is 31.6 Å². The van der Waals surface area contributed by atoms with Crippen LogP contribution in [0.4, 0.5) is 0 Å². The van der Waals surface area contributed by atoms with Crippen molar-refractivity contribution in [2.24, 2.45) is 4.99 Å². The first-order valence-corrected chi connectivity index (χ1v) is 7.69. The molecule has 21 heavy (non-hydrogen) atoms. The van der Waals surface area contributed by atoms with Gasteiger partial charge in [0.25, 0.3) is 5.91 Å². The number of nitrogens with zero attached hydrogens (tertiary/aromatic N) is 1. The number of rotatable bonds is 3. The SMILES string of the molecule is CCCN=C1NC(=O)C(c2cc(Br)c3c(c2)OCCO3)N1. The average molecular weight is 354 g/mol. The van der Waals surface area contributed by atoms with Gasteiger partial charge in [-0.15, -0.1) is 0 Å². The van der Waals surface area contributed by atoms with Crippen molar-refractivity contribution in [1.82, 2.24) is 10.6 Å². The Hall–Kier alpha value is -1.76. The molecule has 2 heterocycles. The van der Waals surface area contributed by atoms with Gasteiger partial charge in [-0.2, -0.15) is 0 Å². The van der Waals surface area contributed by atoms with Crippen LogP contribution < -0.4 is 20.1 Å². The van der Waals surface area contributed by atoms with Crippen LogP contribution >= 0.6 is 15.9 Å². The molecule has 1 saturated heterocycles. The monoisotopic (exact) mass is 353 g/mol. The predicted molar refractivity (Wildman–Crippen MR) is 81.7 cm³/mol. The molecule has 0 saturated carbocycles. The Bertz CT molecular complexity index is 603. The fraction of sp³-hybridized carbons (Fsp3) is 0.429. The molecule has 1 fully saturated rings. The second-order valence-electron chi connectivity index (χ2n) is 4.82. The quantitative estimate of drug-likeness (QED) is 0.868. The maximum Gasteiger partial charge on any atom is 0.253 e. The van der Waals surface area contributed by atoms with Gasteiger partial charge in [0.05, 0.1) is 4.47 Å². The van der Waals surface area contributed by atoms with Gasteiger partial charge in [0.1, 0.15) is 19.3 Å². The van der Waals surface area contributed by atoms with Crippen LogP contribution in [-0.2, 0) is 4.79 Å². The van der Waals surface area contributed by atoms with Crippen molar-refractivity contribution in [3.63, 3.8) is 0 Å². The summed E-state index contributed by atoms with van der Waals surface area (Å²) < 4.78 is 11.9. The van der Waals surface area contributed by atoms with Crippen molar-refractivity contribution in [2.45, 2.75) is 19.4 Å². The molecule has 0 spiro atoms. The molecule has 1 aromatic rings. The Kier molecular flexibility index (Phi) is 4.01. The molecule has 1 aromatic carbocycles. The largest absolute Gasteiger partial charge is 0.486 e. The van der Waals surface area contributed by atoms with E-state index in [4.69, 9.17) is 9.47 Å². The van der Waals surface area contributed by atoms with Gasteiger partial charge < -0.3 is 14.8 Å². The van der Waals surface area contributed by atoms with Gasteiger partial charge in [-0.05, 0) is 40.0 Å². The van der Waals surface area contributed by atoms with Crippen LogP contribution in [0.1, 0.15) is 24.9 Å². The highest BCUT2D eigenvalue weighted by atomic mass is 79.9. The normalized spacial score (nSPS) is 22.1. The molecule has 2 aliphatic rings. The van der Waals surface area contributed by atoms with E-state index >= 15 is 0 Å². The first-order valence-electron chi connectivity index (χ1n) is 6.90. The molecule has 0 bridgehead atoms. The fourth-order valence-corrected chi connectivity index (χ4v) is 2.84. The van der Waals surface area contributed by atoms with Crippen molar-refractivity contribution in [3.8, 4) is 11.5 Å². The second-order valence-corrected chi connectivity index (χ2v) is 5.68. The molecule has 1 amide bonds. The van der Waals surface area contributed by atoms with Gasteiger partial charge >= 0.3 is 0 Å². The third-order valence-corrected chi connectivity index (χ3v) is 3.82. The number of hydrogen-bond acceptors (Lipinski definition) is 4. The van der Waals surface area contributed by atoms with Crippen LogP contribution in [0.2, 0.25) is 0 Å². The summed E-state index contributed by atoms with van der Waals surface area (Å²) in [5.41, 5.74) is 0.810. The Balaban J connectivity index is 1.87. The number of nitrogens with one attached hydrogen (secondary N) is 2. The lowest BCUT2D eigenvalue weighted by Crippen LogP contribution is -2.25. The fourth-order valence-electron chi connectivity index (χ4n) is 2.27. The molecular formula is C14H16BrN3O3. The summed E-state index contributed by atoms with van der Waals surface area (Å²) in [6, 6.07) is 3.24. The minimum atomic E-state index is -0.465. The lowest BCUT2D eigenvalue weighted by atomic mass is 10.1. The number of halogens is 1. The Labute approximate surface area is 131 Å². The minimum Gasteiger partial charge on any atom is -0.486 e. The topological polar surface area (TPSA) is 72.0 Å². The molecule has 7 heteroatoms. The van der Waals surface area contributed by atoms with Crippen molar-refractivity contribution in [2.75, 3.05) is 19.8 Å². The van der Waals surface area contributed by atoms with Crippen LogP contribution in [-0.4, -0.2) is 31.6 Å². The predicted octanol–water partition coefficient (Wildman–Crippen LogP) is 1.75. The first-order chi connectivity index (χ1) is 10.2. The summed E-state index contributed by atoms with van der Waals surface area (Å²) in [5, 5.41) is 5.85. The summed E-state index contributed by atoms with van der Waals surface area (Å²) in [6.07, 6.45) is 0.932. The van der Waals surface area contributed by atoms with E-state index < -0.39 is 6.04 Å². The lowest BCUT2D eigenvalue weighted by molar-refractivity contribution is -0.120. The highest BCUT2D eigenvalue weighted by Gasteiger charge is 2.31. The van der Waals surface area contributed by atoms with E-state index in [1.54, 1.807) is 0 Å². The molecule has 112 valence electrons. The molecule has 2 aliphatic heterocycles. The van der Waals surface area contributed by atoms with Crippen LogP contribution in [0.15, 0.2) is 21.6 Å². The van der Waals surface area contributed by atoms with Gasteiger partial charge in [-0.25, -0.2) is 0 Å². The molecular weight excluding hydrogens is 338 g/mol. The van der Waals surface area contributed by atoms with E-state index in [-0.39, 0.29) is 5.91 Å². The smallest absolute Gasteiger partial charge is 0.253 e. The second kappa shape index (κ2) is 5.93. The zero-order chi connectivity index (χ0) is 14.8. The number of aliphatic imine (C=N–C) groups is 1. The molecule has 0 aliphatic carbocycles. The van der Waals surface area contributed by atoms with E-state index in [9.17, 15) is 4.79 Å². The minimum absolute atomic E-state index is 0.117. The molecule has 6 nitrogen and oxygen atoms in total. The Morgan fingerprint density at radius 1 is 1.38 bits per heavy atom. The summed E-state index contributed by atoms with van der Waals surface area (Å²) in [4.78, 5) is 16.4. The lowest BCUT2D eigenvalue weighted by Gasteiger charge is -2.21. The van der Waals surface area contributed by atoms with Crippen molar-refractivity contribution >= 4 is 27.8 Å². The number of carbonyl (C=O) groups is 1. The third-order valence-electron chi connectivity index (χ3n) is 3.23. The number of guanidine groups is 1. The maximum absolute atomic E-state index is 12.1. The van der Waals surface area contributed by atoms with Crippen LogP contribution in [0, 0.1) is 0 Å². The number of hydrogen-bond donors (Lipinski definition) is 2. The number of ether oxygens (including phenoxy) is 2. The summed E-state index contributed by atoms with van der Waals surface area (Å²) in [5.74, 6) is 1.74. The number of amides is 1. The van der Waals surface area contributed by atoms with Crippen molar-refractivity contribution in [3.05, 3.63) is 22.2 Å². The number of fused-ring (bicyclic) bond motifs is 1. The molecule has 3 rings (SSSR count). The molecule has 0 radical (unpaired) electrons. The Morgan fingerprint density at radius 2 is 2.19 bits per heavy atom. The van der Waals surface area contributed by atoms with E-state index in [0.29, 0.717) is 37.2 Å². The number of carbonyl (C=O) groups excluding carboxylic acids is 1. The average Bonchev–Trinajstić information content (AvgIpc) is 2.86. The van der Waals surface area contributed by atoms with Gasteiger partial charge in [0, 0.05) is 6.54 Å². The van der Waals surface area contributed by atoms with Gasteiger partial charge in [-0.1, -0.05) is 6.92 Å². The van der Waals surface area contributed by atoms with Crippen molar-refractivity contribution in [1.29, 1.82) is 0 Å². The standard InChI is InChI=1S/C14H16BrN3O3/c1-2-3-16-14-17-11(13(19)18-14)8-6-9(15)12-10(7-8)20-4-5-21-12/h6-7,11H,2-5H2,1H3,(H2,16,17,18,19). The zero-order valence-corrected chi connectivity index (χ0v) is 13.2. The van der Waals surface area contributed by atoms with E-state index in [0.717, 1.165) is 16.5 Å². The third kappa shape index (κ3) is 2.83. The summed E-state index contributed by atoms with van der Waals surface area (Å²) in [6.45, 7) is 3.76. The van der Waals surface area contributed by atoms with Gasteiger partial charge in [0.2, 0.25) is 0 Å². The molecule has 1 unspecified atom stereocenters. The highest BCUT2D eigenvalue weighted by molar-refractivity contribution is 9.10. The summed E-state index contributed by atoms with van der Waals surface area (Å²) in [7, 11) is 0. The zero-order valence-electron chi connectivity index (χ0n) is 11.6. The van der Waals surface area contributed by atoms with Crippen LogP contribution in [0.5, 0.6) is 11.5 Å². The van der Waals surface area contributed by atoms with Crippen LogP contribution in [0.3, 0.4) is 0 Å². The molecule has 2 N–H and O–H groups in total. The number of benzene rings is 1.